The normalized spacial score (nSPS) is 14.9. The SMILES string of the molecule is CC(CCCC[C@H]([C@H](C)O)n1cnc2c(Cl)ncnc21)OCc1ccccc1. The molecule has 3 atom stereocenters. The van der Waals surface area contributed by atoms with E-state index in [0.717, 1.165) is 25.7 Å². The molecule has 1 unspecified atom stereocenters. The summed E-state index contributed by atoms with van der Waals surface area (Å²) in [7, 11) is 0. The highest BCUT2D eigenvalue weighted by molar-refractivity contribution is 6.33. The number of fused-ring (bicyclic) bond motifs is 1. The Morgan fingerprint density at radius 1 is 1.07 bits per heavy atom. The van der Waals surface area contributed by atoms with Crippen LogP contribution in [0.4, 0.5) is 0 Å². The minimum absolute atomic E-state index is 0.100. The maximum absolute atomic E-state index is 10.3. The molecule has 0 bridgehead atoms. The summed E-state index contributed by atoms with van der Waals surface area (Å²) in [6.07, 6.45) is 6.62. The van der Waals surface area contributed by atoms with Gasteiger partial charge in [-0.2, -0.15) is 0 Å². The molecular weight excluding hydrogens is 376 g/mol. The van der Waals surface area contributed by atoms with Gasteiger partial charge in [0, 0.05) is 0 Å². The Kier molecular flexibility index (Phi) is 7.36. The number of aliphatic hydroxyl groups is 1. The Labute approximate surface area is 170 Å². The van der Waals surface area contributed by atoms with Gasteiger partial charge in [0.05, 0.1) is 31.2 Å². The minimum Gasteiger partial charge on any atom is -0.391 e. The first-order valence-corrected chi connectivity index (χ1v) is 10.1. The molecule has 2 aromatic heterocycles. The molecule has 0 spiro atoms. The Morgan fingerprint density at radius 2 is 1.82 bits per heavy atom. The number of aliphatic hydroxyl groups excluding tert-OH is 1. The zero-order valence-electron chi connectivity index (χ0n) is 16.3. The second-order valence-corrected chi connectivity index (χ2v) is 7.55. The molecule has 150 valence electrons. The third kappa shape index (κ3) is 5.28. The predicted molar refractivity (Wildman–Crippen MR) is 110 cm³/mol. The summed E-state index contributed by atoms with van der Waals surface area (Å²) in [6, 6.07) is 10.1. The van der Waals surface area contributed by atoms with Gasteiger partial charge in [0.15, 0.2) is 10.8 Å². The molecule has 2 heterocycles. The van der Waals surface area contributed by atoms with Crippen LogP contribution in [0.5, 0.6) is 0 Å². The number of ether oxygens (including phenoxy) is 1. The number of hydrogen-bond acceptors (Lipinski definition) is 5. The first-order chi connectivity index (χ1) is 13.6. The van der Waals surface area contributed by atoms with Crippen LogP contribution in [0.15, 0.2) is 43.0 Å². The maximum atomic E-state index is 10.3. The molecule has 0 fully saturated rings. The molecule has 0 aliphatic carbocycles. The van der Waals surface area contributed by atoms with E-state index in [-0.39, 0.29) is 12.1 Å². The molecule has 1 N–H and O–H groups in total. The Hall–Kier alpha value is -2.02. The van der Waals surface area contributed by atoms with Gasteiger partial charge in [-0.05, 0) is 32.3 Å². The van der Waals surface area contributed by atoms with Crippen molar-refractivity contribution in [3.8, 4) is 0 Å². The number of halogens is 1. The van der Waals surface area contributed by atoms with Gasteiger partial charge in [0.2, 0.25) is 0 Å². The molecule has 0 radical (unpaired) electrons. The average Bonchev–Trinajstić information content (AvgIpc) is 3.12. The van der Waals surface area contributed by atoms with Gasteiger partial charge in [0.1, 0.15) is 11.8 Å². The fourth-order valence-electron chi connectivity index (χ4n) is 3.36. The monoisotopic (exact) mass is 402 g/mol. The largest absolute Gasteiger partial charge is 0.391 e. The molecular formula is C21H27ClN4O2. The van der Waals surface area contributed by atoms with Crippen molar-refractivity contribution < 1.29 is 9.84 Å². The van der Waals surface area contributed by atoms with Crippen molar-refractivity contribution in [2.24, 2.45) is 0 Å². The smallest absolute Gasteiger partial charge is 0.165 e. The summed E-state index contributed by atoms with van der Waals surface area (Å²) < 4.78 is 7.84. The second kappa shape index (κ2) is 9.96. The molecule has 7 heteroatoms. The van der Waals surface area contributed by atoms with Crippen LogP contribution < -0.4 is 0 Å². The van der Waals surface area contributed by atoms with Gasteiger partial charge in [-0.3, -0.25) is 0 Å². The Balaban J connectivity index is 1.49. The third-order valence-electron chi connectivity index (χ3n) is 4.97. The molecule has 6 nitrogen and oxygen atoms in total. The highest BCUT2D eigenvalue weighted by atomic mass is 35.5. The molecule has 0 saturated heterocycles. The summed E-state index contributed by atoms with van der Waals surface area (Å²) >= 11 is 6.09. The number of benzene rings is 1. The molecule has 28 heavy (non-hydrogen) atoms. The first kappa shape index (κ1) is 20.7. The topological polar surface area (TPSA) is 73.1 Å². The van der Waals surface area contributed by atoms with Crippen molar-refractivity contribution in [2.75, 3.05) is 0 Å². The lowest BCUT2D eigenvalue weighted by atomic mass is 10.0. The zero-order chi connectivity index (χ0) is 19.9. The van der Waals surface area contributed by atoms with Crippen molar-refractivity contribution in [2.45, 2.75) is 64.4 Å². The molecule has 0 saturated carbocycles. The van der Waals surface area contributed by atoms with Crippen molar-refractivity contribution in [1.29, 1.82) is 0 Å². The van der Waals surface area contributed by atoms with Gasteiger partial charge in [0.25, 0.3) is 0 Å². The number of imidazole rings is 1. The van der Waals surface area contributed by atoms with Crippen LogP contribution in [0, 0.1) is 0 Å². The predicted octanol–water partition coefficient (Wildman–Crippen LogP) is 4.57. The van der Waals surface area contributed by atoms with Crippen LogP contribution in [0.2, 0.25) is 5.15 Å². The fraction of sp³-hybridized carbons (Fsp3) is 0.476. The summed E-state index contributed by atoms with van der Waals surface area (Å²) in [4.78, 5) is 12.6. The van der Waals surface area contributed by atoms with E-state index in [1.165, 1.54) is 11.9 Å². The lowest BCUT2D eigenvalue weighted by Gasteiger charge is -2.22. The first-order valence-electron chi connectivity index (χ1n) is 9.73. The summed E-state index contributed by atoms with van der Waals surface area (Å²) in [5.41, 5.74) is 2.42. The van der Waals surface area contributed by atoms with Crippen LogP contribution in [0.25, 0.3) is 11.2 Å². The van der Waals surface area contributed by atoms with E-state index in [2.05, 4.69) is 34.0 Å². The summed E-state index contributed by atoms with van der Waals surface area (Å²) in [6.45, 7) is 4.54. The maximum Gasteiger partial charge on any atom is 0.165 e. The molecule has 3 rings (SSSR count). The molecule has 0 aliphatic rings. The highest BCUT2D eigenvalue weighted by Crippen LogP contribution is 2.26. The Morgan fingerprint density at radius 3 is 2.57 bits per heavy atom. The van der Waals surface area contributed by atoms with E-state index in [1.807, 2.05) is 22.8 Å². The van der Waals surface area contributed by atoms with E-state index in [1.54, 1.807) is 13.3 Å². The standard InChI is InChI=1S/C21H27ClN4O2/c1-15(28-12-17-9-4-3-5-10-17)8-6-7-11-18(16(2)27)26-14-25-19-20(22)23-13-24-21(19)26/h3-5,9-10,13-16,18,27H,6-8,11-12H2,1-2H3/t15?,16-,18+/m0/s1. The van der Waals surface area contributed by atoms with Crippen molar-refractivity contribution in [3.63, 3.8) is 0 Å². The van der Waals surface area contributed by atoms with Gasteiger partial charge in [-0.1, -0.05) is 54.8 Å². The van der Waals surface area contributed by atoms with Gasteiger partial charge >= 0.3 is 0 Å². The Bertz CT molecular complexity index is 869. The number of nitrogens with zero attached hydrogens (tertiary/aromatic N) is 4. The van der Waals surface area contributed by atoms with E-state index in [0.29, 0.717) is 22.9 Å². The van der Waals surface area contributed by atoms with Crippen molar-refractivity contribution in [3.05, 3.63) is 53.7 Å². The third-order valence-corrected chi connectivity index (χ3v) is 5.24. The van der Waals surface area contributed by atoms with Crippen LogP contribution in [0.3, 0.4) is 0 Å². The van der Waals surface area contributed by atoms with Gasteiger partial charge < -0.3 is 14.4 Å². The lowest BCUT2D eigenvalue weighted by molar-refractivity contribution is 0.0452. The summed E-state index contributed by atoms with van der Waals surface area (Å²) in [5.74, 6) is 0. The van der Waals surface area contributed by atoms with Gasteiger partial charge in [-0.25, -0.2) is 15.0 Å². The lowest BCUT2D eigenvalue weighted by Crippen LogP contribution is -2.21. The minimum atomic E-state index is -0.516. The van der Waals surface area contributed by atoms with E-state index < -0.39 is 6.10 Å². The van der Waals surface area contributed by atoms with Crippen LogP contribution in [-0.4, -0.2) is 36.8 Å². The molecule has 3 aromatic rings. The van der Waals surface area contributed by atoms with Gasteiger partial charge in [-0.15, -0.1) is 0 Å². The number of unbranched alkanes of at least 4 members (excludes halogenated alkanes) is 1. The zero-order valence-corrected chi connectivity index (χ0v) is 17.1. The molecule has 0 aliphatic heterocycles. The number of rotatable bonds is 10. The quantitative estimate of drug-likeness (QED) is 0.397. The number of hydrogen-bond donors (Lipinski definition) is 1. The summed E-state index contributed by atoms with van der Waals surface area (Å²) in [5, 5.41) is 10.6. The van der Waals surface area contributed by atoms with Crippen LogP contribution in [-0.2, 0) is 11.3 Å². The van der Waals surface area contributed by atoms with Crippen molar-refractivity contribution >= 4 is 22.8 Å². The van der Waals surface area contributed by atoms with E-state index >= 15 is 0 Å². The molecule has 0 amide bonds. The van der Waals surface area contributed by atoms with Crippen LogP contribution in [0.1, 0.15) is 51.1 Å². The number of aromatic nitrogens is 4. The van der Waals surface area contributed by atoms with E-state index in [4.69, 9.17) is 16.3 Å². The van der Waals surface area contributed by atoms with Crippen molar-refractivity contribution in [1.82, 2.24) is 19.5 Å². The van der Waals surface area contributed by atoms with Crippen LogP contribution >= 0.6 is 11.6 Å². The van der Waals surface area contributed by atoms with E-state index in [9.17, 15) is 5.11 Å². The second-order valence-electron chi connectivity index (χ2n) is 7.19. The highest BCUT2D eigenvalue weighted by Gasteiger charge is 2.21. The fourth-order valence-corrected chi connectivity index (χ4v) is 3.54. The average molecular weight is 403 g/mol. The molecule has 1 aromatic carbocycles.